The van der Waals surface area contributed by atoms with Gasteiger partial charge in [-0.1, -0.05) is 71.2 Å². The molecule has 2 atom stereocenters. The van der Waals surface area contributed by atoms with E-state index in [0.29, 0.717) is 35.1 Å². The SMILES string of the molecule is C[C@@]1(C(=O)Nc2ccc(Cl)cc2C(=N[C@H](CC(F)(F)F)C(=O)O)c2ccccc2)CCCN1Cc1ccc(Cl)c(Cl)c1. The van der Waals surface area contributed by atoms with E-state index in [2.05, 4.69) is 10.3 Å². The zero-order valence-electron chi connectivity index (χ0n) is 22.4. The minimum atomic E-state index is -4.77. The largest absolute Gasteiger partial charge is 0.480 e. The van der Waals surface area contributed by atoms with E-state index in [4.69, 9.17) is 34.8 Å². The number of hydrogen-bond donors (Lipinski definition) is 2. The molecule has 0 aliphatic carbocycles. The predicted molar refractivity (Wildman–Crippen MR) is 159 cm³/mol. The Hall–Kier alpha value is -3.11. The van der Waals surface area contributed by atoms with Crippen LogP contribution < -0.4 is 5.32 Å². The van der Waals surface area contributed by atoms with Crippen molar-refractivity contribution in [1.29, 1.82) is 0 Å². The summed E-state index contributed by atoms with van der Waals surface area (Å²) in [7, 11) is 0. The lowest BCUT2D eigenvalue weighted by Gasteiger charge is -2.34. The number of carboxylic acid groups (broad SMARTS) is 1. The average molecular weight is 641 g/mol. The molecule has 1 aliphatic heterocycles. The summed E-state index contributed by atoms with van der Waals surface area (Å²) in [4.78, 5) is 31.8. The lowest BCUT2D eigenvalue weighted by atomic mass is 9.95. The molecule has 1 amide bonds. The number of benzene rings is 3. The Morgan fingerprint density at radius 3 is 2.40 bits per heavy atom. The second-order valence-electron chi connectivity index (χ2n) is 10.2. The van der Waals surface area contributed by atoms with Crippen molar-refractivity contribution in [3.05, 3.63) is 98.5 Å². The van der Waals surface area contributed by atoms with Gasteiger partial charge in [0, 0.05) is 22.7 Å². The molecule has 6 nitrogen and oxygen atoms in total. The molecule has 2 N–H and O–H groups in total. The fraction of sp³-hybridized carbons (Fsp3) is 0.300. The zero-order chi connectivity index (χ0) is 30.7. The van der Waals surface area contributed by atoms with Crippen molar-refractivity contribution in [3.63, 3.8) is 0 Å². The van der Waals surface area contributed by atoms with Gasteiger partial charge in [0.25, 0.3) is 0 Å². The van der Waals surface area contributed by atoms with Crippen LogP contribution in [0.1, 0.15) is 42.9 Å². The number of anilines is 1. The molecule has 0 saturated carbocycles. The molecule has 3 aromatic rings. The van der Waals surface area contributed by atoms with E-state index in [9.17, 15) is 27.9 Å². The van der Waals surface area contributed by atoms with Crippen LogP contribution in [0.2, 0.25) is 15.1 Å². The summed E-state index contributed by atoms with van der Waals surface area (Å²) in [5.41, 5.74) is 0.665. The molecule has 1 fully saturated rings. The maximum Gasteiger partial charge on any atom is 0.391 e. The van der Waals surface area contributed by atoms with Gasteiger partial charge in [0.1, 0.15) is 0 Å². The molecule has 1 saturated heterocycles. The molecule has 222 valence electrons. The van der Waals surface area contributed by atoms with E-state index < -0.39 is 30.1 Å². The Balaban J connectivity index is 1.72. The highest BCUT2D eigenvalue weighted by Gasteiger charge is 2.43. The topological polar surface area (TPSA) is 82.0 Å². The van der Waals surface area contributed by atoms with Crippen LogP contribution in [0.3, 0.4) is 0 Å². The maximum atomic E-state index is 13.9. The van der Waals surface area contributed by atoms with E-state index in [1.165, 1.54) is 18.2 Å². The minimum absolute atomic E-state index is 0.0470. The van der Waals surface area contributed by atoms with Gasteiger partial charge >= 0.3 is 12.1 Å². The van der Waals surface area contributed by atoms with E-state index >= 15 is 0 Å². The molecule has 0 radical (unpaired) electrons. The van der Waals surface area contributed by atoms with Gasteiger partial charge in [-0.3, -0.25) is 14.7 Å². The first-order valence-corrected chi connectivity index (χ1v) is 14.1. The highest BCUT2D eigenvalue weighted by molar-refractivity contribution is 6.42. The first kappa shape index (κ1) is 31.8. The van der Waals surface area contributed by atoms with E-state index in [0.717, 1.165) is 12.0 Å². The number of carbonyl (C=O) groups excluding carboxylic acids is 1. The second-order valence-corrected chi connectivity index (χ2v) is 11.5. The number of aliphatic carboxylic acids is 1. The van der Waals surface area contributed by atoms with Gasteiger partial charge < -0.3 is 10.4 Å². The number of nitrogens with one attached hydrogen (secondary N) is 1. The summed E-state index contributed by atoms with van der Waals surface area (Å²) in [6.07, 6.45) is -5.13. The number of alkyl halides is 3. The molecule has 0 bridgehead atoms. The molecular weight excluding hydrogens is 614 g/mol. The zero-order valence-corrected chi connectivity index (χ0v) is 24.7. The van der Waals surface area contributed by atoms with Crippen LogP contribution in [0.5, 0.6) is 0 Å². The standard InChI is InChI=1S/C30H27Cl3F3N3O3/c1-29(12-5-13-39(29)17-18-8-10-22(32)23(33)14-18)28(42)38-24-11-9-20(31)15-21(24)26(19-6-3-2-4-7-19)37-25(27(40)41)16-30(34,35)36/h2-4,6-11,14-15,25H,5,12-13,16-17H2,1H3,(H,38,42)(H,40,41)/t25-,29+/m1/s1. The second kappa shape index (κ2) is 13.0. The summed E-state index contributed by atoms with van der Waals surface area (Å²) >= 11 is 18.5. The van der Waals surface area contributed by atoms with Crippen molar-refractivity contribution < 1.29 is 27.9 Å². The van der Waals surface area contributed by atoms with Crippen LogP contribution in [0.15, 0.2) is 71.7 Å². The number of likely N-dealkylation sites (tertiary alicyclic amines) is 1. The fourth-order valence-corrected chi connectivity index (χ4v) is 5.42. The Kier molecular flexibility index (Phi) is 9.88. The normalized spacial score (nSPS) is 18.6. The summed E-state index contributed by atoms with van der Waals surface area (Å²) in [5.74, 6) is -2.08. The molecule has 0 unspecified atom stereocenters. The average Bonchev–Trinajstić information content (AvgIpc) is 3.30. The number of amides is 1. The molecule has 0 aromatic heterocycles. The first-order chi connectivity index (χ1) is 19.8. The number of aliphatic imine (C=N–C) groups is 1. The fourth-order valence-electron chi connectivity index (χ4n) is 4.93. The van der Waals surface area contributed by atoms with E-state index in [-0.39, 0.29) is 27.9 Å². The lowest BCUT2D eigenvalue weighted by molar-refractivity contribution is -0.156. The molecule has 0 spiro atoms. The minimum Gasteiger partial charge on any atom is -0.480 e. The van der Waals surface area contributed by atoms with Crippen LogP contribution in [0.4, 0.5) is 18.9 Å². The predicted octanol–water partition coefficient (Wildman–Crippen LogP) is 7.88. The molecule has 42 heavy (non-hydrogen) atoms. The van der Waals surface area contributed by atoms with E-state index in [1.807, 2.05) is 17.9 Å². The molecule has 4 rings (SSSR count). The van der Waals surface area contributed by atoms with Crippen LogP contribution in [0.25, 0.3) is 0 Å². The maximum absolute atomic E-state index is 13.9. The van der Waals surface area contributed by atoms with Gasteiger partial charge in [-0.05, 0) is 62.2 Å². The molecule has 12 heteroatoms. The first-order valence-electron chi connectivity index (χ1n) is 13.0. The lowest BCUT2D eigenvalue weighted by Crippen LogP contribution is -2.50. The van der Waals surface area contributed by atoms with Crippen molar-refractivity contribution in [1.82, 2.24) is 4.90 Å². The van der Waals surface area contributed by atoms with Gasteiger partial charge in [0.15, 0.2) is 6.04 Å². The molecule has 3 aromatic carbocycles. The number of carboxylic acids is 1. The van der Waals surface area contributed by atoms with Gasteiger partial charge in [0.2, 0.25) is 5.91 Å². The third kappa shape index (κ3) is 7.64. The monoisotopic (exact) mass is 639 g/mol. The molecule has 1 heterocycles. The van der Waals surface area contributed by atoms with Crippen LogP contribution >= 0.6 is 34.8 Å². The summed E-state index contributed by atoms with van der Waals surface area (Å²) in [6, 6.07) is 15.8. The molecular formula is C30H27Cl3F3N3O3. The number of nitrogens with zero attached hydrogens (tertiary/aromatic N) is 2. The summed E-state index contributed by atoms with van der Waals surface area (Å²) in [6.45, 7) is 2.90. The Morgan fingerprint density at radius 1 is 1.05 bits per heavy atom. The Morgan fingerprint density at radius 2 is 1.76 bits per heavy atom. The van der Waals surface area contributed by atoms with Gasteiger partial charge in [-0.25, -0.2) is 4.79 Å². The van der Waals surface area contributed by atoms with Crippen molar-refractivity contribution >= 4 is 58.1 Å². The number of halogens is 6. The van der Waals surface area contributed by atoms with Gasteiger partial charge in [-0.2, -0.15) is 13.2 Å². The highest BCUT2D eigenvalue weighted by atomic mass is 35.5. The van der Waals surface area contributed by atoms with Crippen molar-refractivity contribution in [3.8, 4) is 0 Å². The third-order valence-corrected chi connectivity index (χ3v) is 8.14. The number of hydrogen-bond acceptors (Lipinski definition) is 4. The molecule has 1 aliphatic rings. The van der Waals surface area contributed by atoms with Crippen molar-refractivity contribution in [2.45, 2.75) is 50.5 Å². The van der Waals surface area contributed by atoms with Crippen LogP contribution in [0, 0.1) is 0 Å². The Labute approximate surface area is 256 Å². The van der Waals surface area contributed by atoms with Gasteiger partial charge in [0.05, 0.1) is 33.4 Å². The third-order valence-electron chi connectivity index (χ3n) is 7.16. The van der Waals surface area contributed by atoms with Crippen molar-refractivity contribution in [2.75, 3.05) is 11.9 Å². The quantitative estimate of drug-likeness (QED) is 0.233. The highest BCUT2D eigenvalue weighted by Crippen LogP contribution is 2.34. The van der Waals surface area contributed by atoms with E-state index in [1.54, 1.807) is 42.5 Å². The number of carbonyl (C=O) groups is 2. The Bertz CT molecular complexity index is 1500. The van der Waals surface area contributed by atoms with Gasteiger partial charge in [-0.15, -0.1) is 0 Å². The van der Waals surface area contributed by atoms with Crippen LogP contribution in [-0.4, -0.2) is 51.9 Å². The van der Waals surface area contributed by atoms with Crippen molar-refractivity contribution in [2.24, 2.45) is 4.99 Å². The number of rotatable bonds is 9. The smallest absolute Gasteiger partial charge is 0.391 e. The van der Waals surface area contributed by atoms with Crippen LogP contribution in [-0.2, 0) is 16.1 Å². The summed E-state index contributed by atoms with van der Waals surface area (Å²) in [5, 5.41) is 13.6. The summed E-state index contributed by atoms with van der Waals surface area (Å²) < 4.78 is 39.8.